The van der Waals surface area contributed by atoms with Crippen LogP contribution in [0, 0.1) is 12.8 Å². The molecular formula is C23H24F3N3O4S. The third kappa shape index (κ3) is 6.16. The molecule has 0 saturated carbocycles. The van der Waals surface area contributed by atoms with Crippen LogP contribution in [-0.2, 0) is 22.6 Å². The maximum absolute atomic E-state index is 13.7. The first-order valence-electron chi connectivity index (χ1n) is 10.4. The molecule has 0 spiro atoms. The summed E-state index contributed by atoms with van der Waals surface area (Å²) in [5.41, 5.74) is -1.07. The number of rotatable bonds is 8. The van der Waals surface area contributed by atoms with Crippen molar-refractivity contribution in [1.29, 1.82) is 0 Å². The summed E-state index contributed by atoms with van der Waals surface area (Å²) in [5, 5.41) is 5.78. The van der Waals surface area contributed by atoms with Crippen molar-refractivity contribution in [2.45, 2.75) is 44.7 Å². The van der Waals surface area contributed by atoms with Crippen LogP contribution in [-0.4, -0.2) is 19.5 Å². The number of aryl methyl sites for hydroxylation is 2. The molecule has 1 aromatic heterocycles. The van der Waals surface area contributed by atoms with Crippen LogP contribution in [0.5, 0.6) is 0 Å². The molecule has 34 heavy (non-hydrogen) atoms. The van der Waals surface area contributed by atoms with Crippen LogP contribution in [0.25, 0.3) is 0 Å². The van der Waals surface area contributed by atoms with Crippen molar-refractivity contribution in [3.8, 4) is 0 Å². The van der Waals surface area contributed by atoms with Crippen LogP contribution in [0.1, 0.15) is 47.5 Å². The Morgan fingerprint density at radius 1 is 1.12 bits per heavy atom. The molecule has 3 aromatic rings. The minimum Gasteiger partial charge on any atom is -0.361 e. The molecule has 0 unspecified atom stereocenters. The largest absolute Gasteiger partial charge is 0.418 e. The van der Waals surface area contributed by atoms with Gasteiger partial charge in [0.05, 0.1) is 22.3 Å². The zero-order chi connectivity index (χ0) is 25.1. The van der Waals surface area contributed by atoms with E-state index in [9.17, 15) is 26.4 Å². The Bertz CT molecular complexity index is 1270. The number of hydrogen-bond donors (Lipinski definition) is 2. The number of amides is 1. The van der Waals surface area contributed by atoms with Gasteiger partial charge in [0, 0.05) is 5.69 Å². The summed E-state index contributed by atoms with van der Waals surface area (Å²) in [6.07, 6.45) is -2.04. The van der Waals surface area contributed by atoms with Crippen LogP contribution in [0.4, 0.5) is 24.5 Å². The Hall–Kier alpha value is -3.34. The van der Waals surface area contributed by atoms with Gasteiger partial charge in [0.1, 0.15) is 11.3 Å². The first-order valence-corrected chi connectivity index (χ1v) is 11.9. The van der Waals surface area contributed by atoms with Crippen LogP contribution in [0.15, 0.2) is 58.1 Å². The maximum atomic E-state index is 13.7. The highest BCUT2D eigenvalue weighted by molar-refractivity contribution is 7.92. The van der Waals surface area contributed by atoms with Crippen molar-refractivity contribution < 1.29 is 30.9 Å². The van der Waals surface area contributed by atoms with Gasteiger partial charge in [0.15, 0.2) is 0 Å². The zero-order valence-electron chi connectivity index (χ0n) is 18.7. The molecule has 11 heteroatoms. The third-order valence-corrected chi connectivity index (χ3v) is 6.45. The second kappa shape index (κ2) is 9.88. The van der Waals surface area contributed by atoms with Crippen LogP contribution >= 0.6 is 0 Å². The molecule has 182 valence electrons. The van der Waals surface area contributed by atoms with E-state index in [-0.39, 0.29) is 21.9 Å². The van der Waals surface area contributed by atoms with E-state index >= 15 is 0 Å². The lowest BCUT2D eigenvalue weighted by molar-refractivity contribution is -0.136. The van der Waals surface area contributed by atoms with Crippen LogP contribution in [0.3, 0.4) is 0 Å². The quantitative estimate of drug-likeness (QED) is 0.421. The lowest BCUT2D eigenvalue weighted by Gasteiger charge is -2.17. The number of hydrogen-bond acceptors (Lipinski definition) is 5. The van der Waals surface area contributed by atoms with E-state index in [2.05, 4.69) is 24.3 Å². The van der Waals surface area contributed by atoms with Gasteiger partial charge in [-0.2, -0.15) is 13.2 Å². The van der Waals surface area contributed by atoms with Crippen LogP contribution < -0.4 is 10.0 Å². The number of carbonyl (C=O) groups is 1. The first kappa shape index (κ1) is 25.3. The average molecular weight is 496 g/mol. The fourth-order valence-electron chi connectivity index (χ4n) is 3.15. The van der Waals surface area contributed by atoms with Crippen molar-refractivity contribution in [3.63, 3.8) is 0 Å². The molecule has 0 aliphatic heterocycles. The third-order valence-electron chi connectivity index (χ3n) is 5.07. The van der Waals surface area contributed by atoms with E-state index in [4.69, 9.17) is 4.52 Å². The van der Waals surface area contributed by atoms with Gasteiger partial charge in [-0.15, -0.1) is 0 Å². The van der Waals surface area contributed by atoms with Gasteiger partial charge in [0.25, 0.3) is 15.9 Å². The summed E-state index contributed by atoms with van der Waals surface area (Å²) in [4.78, 5) is 12.1. The molecule has 0 atom stereocenters. The Morgan fingerprint density at radius 2 is 1.79 bits per heavy atom. The molecule has 1 amide bonds. The molecule has 7 nitrogen and oxygen atoms in total. The Morgan fingerprint density at radius 3 is 2.35 bits per heavy atom. The minimum atomic E-state index is -4.88. The number of carbonyl (C=O) groups excluding carboxylic acids is 1. The van der Waals surface area contributed by atoms with Gasteiger partial charge in [0.2, 0.25) is 0 Å². The van der Waals surface area contributed by atoms with Gasteiger partial charge in [-0.25, -0.2) is 8.42 Å². The molecule has 2 aromatic carbocycles. The predicted molar refractivity (Wildman–Crippen MR) is 121 cm³/mol. The molecule has 0 aliphatic carbocycles. The lowest BCUT2D eigenvalue weighted by atomic mass is 10.0. The van der Waals surface area contributed by atoms with Gasteiger partial charge in [-0.1, -0.05) is 31.1 Å². The second-order valence-electron chi connectivity index (χ2n) is 8.19. The molecule has 0 aliphatic rings. The number of anilines is 2. The molecular weight excluding hydrogens is 471 g/mol. The summed E-state index contributed by atoms with van der Waals surface area (Å²) in [5.74, 6) is -0.0232. The summed E-state index contributed by atoms with van der Waals surface area (Å²) in [6.45, 7) is 5.64. The fourth-order valence-corrected chi connectivity index (χ4v) is 4.23. The second-order valence-corrected chi connectivity index (χ2v) is 9.87. The van der Waals surface area contributed by atoms with Crippen molar-refractivity contribution in [3.05, 3.63) is 71.1 Å². The van der Waals surface area contributed by atoms with E-state index in [0.717, 1.165) is 30.7 Å². The number of benzene rings is 2. The van der Waals surface area contributed by atoms with E-state index in [1.807, 2.05) is 4.72 Å². The smallest absolute Gasteiger partial charge is 0.361 e. The first-order chi connectivity index (χ1) is 15.9. The molecule has 0 fully saturated rings. The summed E-state index contributed by atoms with van der Waals surface area (Å²) < 4.78 is 73.4. The topological polar surface area (TPSA) is 101 Å². The molecule has 0 bridgehead atoms. The molecule has 1 heterocycles. The highest BCUT2D eigenvalue weighted by Crippen LogP contribution is 2.37. The Kier molecular flexibility index (Phi) is 7.35. The number of nitrogens with zero attached hydrogens (tertiary/aromatic N) is 1. The fraction of sp³-hybridized carbons (Fsp3) is 0.304. The van der Waals surface area contributed by atoms with E-state index in [1.165, 1.54) is 25.1 Å². The highest BCUT2D eigenvalue weighted by Gasteiger charge is 2.35. The number of halogens is 3. The van der Waals surface area contributed by atoms with Gasteiger partial charge in [-0.05, 0) is 61.6 Å². The lowest BCUT2D eigenvalue weighted by Crippen LogP contribution is -2.18. The number of aromatic nitrogens is 1. The number of nitrogens with one attached hydrogen (secondary N) is 2. The van der Waals surface area contributed by atoms with Crippen LogP contribution in [0.2, 0.25) is 0 Å². The summed E-state index contributed by atoms with van der Waals surface area (Å²) >= 11 is 0. The zero-order valence-corrected chi connectivity index (χ0v) is 19.5. The van der Waals surface area contributed by atoms with Gasteiger partial charge < -0.3 is 9.84 Å². The molecule has 0 saturated heterocycles. The average Bonchev–Trinajstić information content (AvgIpc) is 3.18. The molecule has 3 rings (SSSR count). The normalized spacial score (nSPS) is 12.1. The highest BCUT2D eigenvalue weighted by atomic mass is 32.2. The standard InChI is InChI=1S/C23H24F3N3O4S/c1-14(2)4-5-16-6-9-18(10-7-16)34(31,32)29-21-11-8-17(12-20(21)23(24,25)26)28-22(30)19-13-27-33-15(19)3/h6-14,29H,4-5H2,1-3H3,(H,28,30). The van der Waals surface area contributed by atoms with Crippen molar-refractivity contribution in [2.24, 2.45) is 5.92 Å². The molecule has 2 N–H and O–H groups in total. The summed E-state index contributed by atoms with van der Waals surface area (Å²) in [6, 6.07) is 8.80. The van der Waals surface area contributed by atoms with E-state index in [1.54, 1.807) is 12.1 Å². The Balaban J connectivity index is 1.84. The minimum absolute atomic E-state index is 0.0650. The van der Waals surface area contributed by atoms with Crippen molar-refractivity contribution in [1.82, 2.24) is 5.16 Å². The van der Waals surface area contributed by atoms with Crippen molar-refractivity contribution >= 4 is 27.3 Å². The maximum Gasteiger partial charge on any atom is 0.418 e. The Labute approximate surface area is 195 Å². The summed E-state index contributed by atoms with van der Waals surface area (Å²) in [7, 11) is -4.28. The number of alkyl halides is 3. The van der Waals surface area contributed by atoms with Gasteiger partial charge in [-0.3, -0.25) is 9.52 Å². The van der Waals surface area contributed by atoms with E-state index in [0.29, 0.717) is 12.0 Å². The monoisotopic (exact) mass is 495 g/mol. The van der Waals surface area contributed by atoms with Gasteiger partial charge >= 0.3 is 6.18 Å². The van der Waals surface area contributed by atoms with Crippen molar-refractivity contribution in [2.75, 3.05) is 10.0 Å². The van der Waals surface area contributed by atoms with E-state index < -0.39 is 33.4 Å². The molecule has 0 radical (unpaired) electrons. The predicted octanol–water partition coefficient (Wildman–Crippen LogP) is 5.64. The number of sulfonamides is 1. The SMILES string of the molecule is Cc1oncc1C(=O)Nc1ccc(NS(=O)(=O)c2ccc(CCC(C)C)cc2)c(C(F)(F)F)c1.